The average Bonchev–Trinajstić information content (AvgIpc) is 2.28. The molecule has 0 aliphatic rings. The zero-order chi connectivity index (χ0) is 12.1. The highest BCUT2D eigenvalue weighted by atomic mass is 79.9. The zero-order valence-corrected chi connectivity index (χ0v) is 10.9. The van der Waals surface area contributed by atoms with Crippen molar-refractivity contribution < 1.29 is 4.39 Å². The van der Waals surface area contributed by atoms with Crippen LogP contribution in [-0.4, -0.2) is 6.54 Å². The summed E-state index contributed by atoms with van der Waals surface area (Å²) in [6, 6.07) is 6.89. The highest BCUT2D eigenvalue weighted by molar-refractivity contribution is 9.10. The van der Waals surface area contributed by atoms with Crippen LogP contribution in [0.15, 0.2) is 22.7 Å². The summed E-state index contributed by atoms with van der Waals surface area (Å²) >= 11 is 3.31. The third kappa shape index (κ3) is 3.58. The van der Waals surface area contributed by atoms with Crippen molar-refractivity contribution in [1.82, 2.24) is 5.32 Å². The molecule has 0 heterocycles. The molecule has 1 aromatic carbocycles. The molecule has 0 spiro atoms. The fourth-order valence-corrected chi connectivity index (χ4v) is 1.73. The molecule has 0 aliphatic heterocycles. The van der Waals surface area contributed by atoms with E-state index in [2.05, 4.69) is 27.3 Å². The molecule has 0 aliphatic carbocycles. The zero-order valence-electron chi connectivity index (χ0n) is 9.30. The summed E-state index contributed by atoms with van der Waals surface area (Å²) < 4.78 is 14.4. The molecule has 4 heteroatoms. The summed E-state index contributed by atoms with van der Waals surface area (Å²) in [7, 11) is 0. The second kappa shape index (κ2) is 5.97. The van der Waals surface area contributed by atoms with Gasteiger partial charge in [0.15, 0.2) is 0 Å². The van der Waals surface area contributed by atoms with Gasteiger partial charge in [0.05, 0.1) is 12.0 Å². The fraction of sp³-hybridized carbons (Fsp3) is 0.417. The fourth-order valence-electron chi connectivity index (χ4n) is 1.36. The topological polar surface area (TPSA) is 35.8 Å². The van der Waals surface area contributed by atoms with Gasteiger partial charge >= 0.3 is 0 Å². The summed E-state index contributed by atoms with van der Waals surface area (Å²) in [6.07, 6.45) is 0. The van der Waals surface area contributed by atoms with Gasteiger partial charge in [-0.25, -0.2) is 4.39 Å². The molecule has 0 saturated heterocycles. The Morgan fingerprint density at radius 2 is 2.19 bits per heavy atom. The minimum Gasteiger partial charge on any atom is -0.309 e. The van der Waals surface area contributed by atoms with E-state index in [-0.39, 0.29) is 17.8 Å². The Bertz CT molecular complexity index is 400. The van der Waals surface area contributed by atoms with Crippen LogP contribution in [0.1, 0.15) is 25.5 Å². The molecule has 2 unspecified atom stereocenters. The summed E-state index contributed by atoms with van der Waals surface area (Å²) in [4.78, 5) is 0. The second-order valence-corrected chi connectivity index (χ2v) is 4.74. The second-order valence-electron chi connectivity index (χ2n) is 3.83. The maximum Gasteiger partial charge on any atom is 0.128 e. The van der Waals surface area contributed by atoms with E-state index in [1.165, 1.54) is 6.07 Å². The van der Waals surface area contributed by atoms with E-state index in [9.17, 15) is 4.39 Å². The van der Waals surface area contributed by atoms with Crippen molar-refractivity contribution >= 4 is 15.9 Å². The number of halogens is 2. The van der Waals surface area contributed by atoms with Crippen LogP contribution in [0.5, 0.6) is 0 Å². The monoisotopic (exact) mass is 284 g/mol. The number of rotatable bonds is 4. The molecule has 86 valence electrons. The number of nitrogens with zero attached hydrogens (tertiary/aromatic N) is 1. The first-order valence-corrected chi connectivity index (χ1v) is 5.92. The van der Waals surface area contributed by atoms with Crippen LogP contribution < -0.4 is 5.32 Å². The predicted octanol–water partition coefficient (Wildman–Crippen LogP) is 3.40. The van der Waals surface area contributed by atoms with E-state index in [0.29, 0.717) is 12.1 Å². The van der Waals surface area contributed by atoms with Gasteiger partial charge < -0.3 is 5.32 Å². The first-order chi connectivity index (χ1) is 7.54. The lowest BCUT2D eigenvalue weighted by molar-refractivity contribution is 0.501. The molecule has 0 saturated carbocycles. The molecule has 1 rings (SSSR count). The smallest absolute Gasteiger partial charge is 0.128 e. The molecule has 0 aromatic heterocycles. The summed E-state index contributed by atoms with van der Waals surface area (Å²) in [5, 5.41) is 11.8. The number of hydrogen-bond donors (Lipinski definition) is 1. The lowest BCUT2D eigenvalue weighted by Gasteiger charge is -2.16. The molecule has 0 fully saturated rings. The van der Waals surface area contributed by atoms with Crippen molar-refractivity contribution in [2.45, 2.75) is 19.9 Å². The molecule has 1 aromatic rings. The Balaban J connectivity index is 2.69. The third-order valence-electron chi connectivity index (χ3n) is 2.38. The molecule has 16 heavy (non-hydrogen) atoms. The third-order valence-corrected chi connectivity index (χ3v) is 2.87. The van der Waals surface area contributed by atoms with Crippen LogP contribution in [0, 0.1) is 23.1 Å². The number of nitrogens with one attached hydrogen (secondary N) is 1. The van der Waals surface area contributed by atoms with Crippen LogP contribution in [0.3, 0.4) is 0 Å². The lowest BCUT2D eigenvalue weighted by Crippen LogP contribution is -2.24. The van der Waals surface area contributed by atoms with Crippen LogP contribution in [-0.2, 0) is 0 Å². The number of nitriles is 1. The summed E-state index contributed by atoms with van der Waals surface area (Å²) in [5.41, 5.74) is 0.611. The van der Waals surface area contributed by atoms with Crippen LogP contribution >= 0.6 is 15.9 Å². The van der Waals surface area contributed by atoms with Gasteiger partial charge in [0.25, 0.3) is 0 Å². The summed E-state index contributed by atoms with van der Waals surface area (Å²) in [5.74, 6) is -0.300. The SMILES string of the molecule is CC(C#N)CNC(C)c1cc(Br)ccc1F. The average molecular weight is 285 g/mol. The molecular weight excluding hydrogens is 271 g/mol. The Morgan fingerprint density at radius 3 is 2.81 bits per heavy atom. The Labute approximate surface area is 104 Å². The molecule has 1 N–H and O–H groups in total. The van der Waals surface area contributed by atoms with Gasteiger partial charge in [-0.05, 0) is 32.0 Å². The highest BCUT2D eigenvalue weighted by Gasteiger charge is 2.11. The first-order valence-electron chi connectivity index (χ1n) is 5.12. The van der Waals surface area contributed by atoms with Crippen LogP contribution in [0.25, 0.3) is 0 Å². The minimum absolute atomic E-state index is 0.0716. The van der Waals surface area contributed by atoms with Crippen molar-refractivity contribution in [3.63, 3.8) is 0 Å². The van der Waals surface area contributed by atoms with Gasteiger partial charge in [0, 0.05) is 22.6 Å². The molecule has 2 nitrogen and oxygen atoms in total. The predicted molar refractivity (Wildman–Crippen MR) is 65.3 cm³/mol. The largest absolute Gasteiger partial charge is 0.309 e. The molecule has 0 amide bonds. The van der Waals surface area contributed by atoms with E-state index in [1.807, 2.05) is 13.8 Å². The van der Waals surface area contributed by atoms with E-state index in [1.54, 1.807) is 12.1 Å². The quantitative estimate of drug-likeness (QED) is 0.920. The van der Waals surface area contributed by atoms with Crippen molar-refractivity contribution in [2.75, 3.05) is 6.54 Å². The van der Waals surface area contributed by atoms with Gasteiger partial charge in [0.2, 0.25) is 0 Å². The Kier molecular flexibility index (Phi) is 4.91. The van der Waals surface area contributed by atoms with Crippen LogP contribution in [0.4, 0.5) is 4.39 Å². The minimum atomic E-state index is -0.229. The molecular formula is C12H14BrFN2. The number of hydrogen-bond acceptors (Lipinski definition) is 2. The molecule has 2 atom stereocenters. The standard InChI is InChI=1S/C12H14BrFN2/c1-8(6-15)7-16-9(2)11-5-10(13)3-4-12(11)14/h3-5,8-9,16H,7H2,1-2H3. The Morgan fingerprint density at radius 1 is 1.50 bits per heavy atom. The van der Waals surface area contributed by atoms with Gasteiger partial charge in [-0.3, -0.25) is 0 Å². The van der Waals surface area contributed by atoms with Crippen molar-refractivity contribution in [3.8, 4) is 6.07 Å². The maximum absolute atomic E-state index is 13.5. The van der Waals surface area contributed by atoms with Gasteiger partial charge in [-0.1, -0.05) is 15.9 Å². The van der Waals surface area contributed by atoms with E-state index < -0.39 is 0 Å². The molecule has 0 radical (unpaired) electrons. The normalized spacial score (nSPS) is 14.2. The van der Waals surface area contributed by atoms with Crippen molar-refractivity contribution in [1.29, 1.82) is 5.26 Å². The van der Waals surface area contributed by atoms with Crippen molar-refractivity contribution in [2.24, 2.45) is 5.92 Å². The van der Waals surface area contributed by atoms with E-state index in [4.69, 9.17) is 5.26 Å². The lowest BCUT2D eigenvalue weighted by atomic mass is 10.1. The van der Waals surface area contributed by atoms with Gasteiger partial charge in [0.1, 0.15) is 5.82 Å². The maximum atomic E-state index is 13.5. The van der Waals surface area contributed by atoms with Crippen LogP contribution in [0.2, 0.25) is 0 Å². The Hall–Kier alpha value is -0.920. The number of benzene rings is 1. The molecule has 0 bridgehead atoms. The summed E-state index contributed by atoms with van der Waals surface area (Å²) in [6.45, 7) is 4.27. The van der Waals surface area contributed by atoms with Gasteiger partial charge in [-0.2, -0.15) is 5.26 Å². The first kappa shape index (κ1) is 13.1. The van der Waals surface area contributed by atoms with E-state index >= 15 is 0 Å². The van der Waals surface area contributed by atoms with Crippen molar-refractivity contribution in [3.05, 3.63) is 34.1 Å². The highest BCUT2D eigenvalue weighted by Crippen LogP contribution is 2.21. The van der Waals surface area contributed by atoms with E-state index in [0.717, 1.165) is 4.47 Å². The van der Waals surface area contributed by atoms with Gasteiger partial charge in [-0.15, -0.1) is 0 Å².